The van der Waals surface area contributed by atoms with Gasteiger partial charge in [0, 0.05) is 19.4 Å². The summed E-state index contributed by atoms with van der Waals surface area (Å²) in [7, 11) is 0. The Morgan fingerprint density at radius 2 is 0.981 bits per heavy atom. The van der Waals surface area contributed by atoms with E-state index in [1.165, 1.54) is 161 Å². The van der Waals surface area contributed by atoms with Gasteiger partial charge < -0.3 is 19.5 Å². The van der Waals surface area contributed by atoms with Crippen LogP contribution in [0, 0.1) is 5.41 Å². The van der Waals surface area contributed by atoms with Crippen molar-refractivity contribution in [3.63, 3.8) is 0 Å². The average Bonchev–Trinajstić information content (AvgIpc) is 3.95. The molecule has 0 radical (unpaired) electrons. The molecule has 0 bridgehead atoms. The monoisotopic (exact) mass is 764 g/mol. The van der Waals surface area contributed by atoms with Crippen molar-refractivity contribution in [2.24, 2.45) is 5.41 Å². The van der Waals surface area contributed by atoms with E-state index in [4.69, 9.17) is 9.47 Å². The van der Waals surface area contributed by atoms with Gasteiger partial charge in [-0.2, -0.15) is 0 Å². The Kier molecular flexibility index (Phi) is 35.3. The summed E-state index contributed by atoms with van der Waals surface area (Å²) in [5.74, 6) is 0.0202. The Morgan fingerprint density at radius 3 is 1.54 bits per heavy atom. The molecule has 6 heteroatoms. The maximum absolute atomic E-state index is 12.9. The largest absolute Gasteiger partial charge is 0.466 e. The molecule has 54 heavy (non-hydrogen) atoms. The summed E-state index contributed by atoms with van der Waals surface area (Å²) in [6.07, 6.45) is 42.3. The third-order valence-corrected chi connectivity index (χ3v) is 12.1. The van der Waals surface area contributed by atoms with Crippen molar-refractivity contribution in [2.45, 2.75) is 258 Å². The zero-order valence-corrected chi connectivity index (χ0v) is 36.6. The van der Waals surface area contributed by atoms with E-state index in [1.807, 2.05) is 0 Å². The van der Waals surface area contributed by atoms with Crippen molar-refractivity contribution in [1.82, 2.24) is 4.90 Å². The molecule has 0 amide bonds. The van der Waals surface area contributed by atoms with Crippen LogP contribution in [0.5, 0.6) is 0 Å². The lowest BCUT2D eigenvalue weighted by Crippen LogP contribution is -2.29. The number of carbonyl (C=O) groups is 2. The van der Waals surface area contributed by atoms with Crippen molar-refractivity contribution < 1.29 is 24.2 Å². The molecule has 0 heterocycles. The molecule has 1 N–H and O–H groups in total. The zero-order chi connectivity index (χ0) is 39.2. The predicted octanol–water partition coefficient (Wildman–Crippen LogP) is 13.8. The molecular formula is C48H93NO5. The zero-order valence-electron chi connectivity index (χ0n) is 36.6. The quantitative estimate of drug-likeness (QED) is 0.0492. The van der Waals surface area contributed by atoms with Gasteiger partial charge in [-0.15, -0.1) is 0 Å². The molecular weight excluding hydrogens is 671 g/mol. The van der Waals surface area contributed by atoms with Crippen LogP contribution in [-0.4, -0.2) is 60.9 Å². The van der Waals surface area contributed by atoms with E-state index in [1.54, 1.807) is 0 Å². The SMILES string of the molecule is CCCCCCCCCOC(=O)CCCCCCCN(CCCCO)CCC1(CCCCC(=O)OC(CCCCCCCC)CCCCCCCC)CC1. The maximum Gasteiger partial charge on any atom is 0.306 e. The molecule has 320 valence electrons. The number of nitrogens with zero attached hydrogens (tertiary/aromatic N) is 1. The van der Waals surface area contributed by atoms with Crippen LogP contribution in [0.15, 0.2) is 0 Å². The Morgan fingerprint density at radius 1 is 0.519 bits per heavy atom. The van der Waals surface area contributed by atoms with Crippen LogP contribution >= 0.6 is 0 Å². The topological polar surface area (TPSA) is 76.1 Å². The lowest BCUT2D eigenvalue weighted by Gasteiger charge is -2.25. The van der Waals surface area contributed by atoms with E-state index < -0.39 is 0 Å². The van der Waals surface area contributed by atoms with Crippen molar-refractivity contribution in [3.05, 3.63) is 0 Å². The number of aliphatic hydroxyl groups is 1. The Balaban J connectivity index is 2.26. The second-order valence-electron chi connectivity index (χ2n) is 17.3. The van der Waals surface area contributed by atoms with Crippen LogP contribution in [0.25, 0.3) is 0 Å². The van der Waals surface area contributed by atoms with Crippen LogP contribution in [-0.2, 0) is 19.1 Å². The first kappa shape index (κ1) is 50.9. The Labute approximate surface area is 336 Å². The van der Waals surface area contributed by atoms with Gasteiger partial charge in [0.05, 0.1) is 6.61 Å². The van der Waals surface area contributed by atoms with E-state index in [0.29, 0.717) is 24.9 Å². The highest BCUT2D eigenvalue weighted by Crippen LogP contribution is 2.53. The van der Waals surface area contributed by atoms with E-state index >= 15 is 0 Å². The van der Waals surface area contributed by atoms with Crippen LogP contribution in [0.3, 0.4) is 0 Å². The van der Waals surface area contributed by atoms with Crippen molar-refractivity contribution in [2.75, 3.05) is 32.8 Å². The molecule has 0 aliphatic heterocycles. The molecule has 0 spiro atoms. The average molecular weight is 764 g/mol. The van der Waals surface area contributed by atoms with Crippen molar-refractivity contribution in [3.8, 4) is 0 Å². The van der Waals surface area contributed by atoms with Gasteiger partial charge in [-0.3, -0.25) is 9.59 Å². The molecule has 0 aromatic carbocycles. The number of esters is 2. The van der Waals surface area contributed by atoms with Crippen molar-refractivity contribution >= 4 is 11.9 Å². The van der Waals surface area contributed by atoms with Crippen LogP contribution < -0.4 is 0 Å². The molecule has 0 saturated heterocycles. The van der Waals surface area contributed by atoms with E-state index in [9.17, 15) is 14.7 Å². The standard InChI is InChI=1S/C48H93NO5/c1-4-7-10-13-16-22-31-44-53-46(51)34-25-20-17-21-28-40-49(41-29-30-43-50)42-39-48(37-38-48)36-27-26-35-47(52)54-45(32-23-18-14-11-8-5-2)33-24-19-15-12-9-6-3/h45,50H,4-44H2,1-3H3. The van der Waals surface area contributed by atoms with Gasteiger partial charge >= 0.3 is 11.9 Å². The molecule has 1 aliphatic carbocycles. The molecule has 0 aromatic rings. The first-order valence-electron chi connectivity index (χ1n) is 24.2. The highest BCUT2D eigenvalue weighted by molar-refractivity contribution is 5.69. The first-order chi connectivity index (χ1) is 26.5. The minimum atomic E-state index is -0.0174. The molecule has 6 nitrogen and oxygen atoms in total. The van der Waals surface area contributed by atoms with Crippen molar-refractivity contribution in [1.29, 1.82) is 0 Å². The fourth-order valence-corrected chi connectivity index (χ4v) is 8.01. The number of aliphatic hydroxyl groups excluding tert-OH is 1. The number of hydrogen-bond acceptors (Lipinski definition) is 6. The van der Waals surface area contributed by atoms with E-state index in [-0.39, 0.29) is 24.6 Å². The molecule has 0 atom stereocenters. The molecule has 1 aliphatic rings. The van der Waals surface area contributed by atoms with Gasteiger partial charge in [0.25, 0.3) is 0 Å². The summed E-state index contributed by atoms with van der Waals surface area (Å²) in [6.45, 7) is 11.0. The summed E-state index contributed by atoms with van der Waals surface area (Å²) < 4.78 is 11.6. The third-order valence-electron chi connectivity index (χ3n) is 12.1. The number of rotatable bonds is 43. The third kappa shape index (κ3) is 32.0. The maximum atomic E-state index is 12.9. The second kappa shape index (κ2) is 37.4. The van der Waals surface area contributed by atoms with E-state index in [2.05, 4.69) is 25.7 Å². The van der Waals surface area contributed by atoms with Gasteiger partial charge in [0.2, 0.25) is 0 Å². The summed E-state index contributed by atoms with van der Waals surface area (Å²) in [4.78, 5) is 27.6. The normalized spacial score (nSPS) is 13.6. The van der Waals surface area contributed by atoms with Gasteiger partial charge in [0.1, 0.15) is 6.10 Å². The lowest BCUT2D eigenvalue weighted by molar-refractivity contribution is -0.150. The van der Waals surface area contributed by atoms with Gasteiger partial charge in [0.15, 0.2) is 0 Å². The first-order valence-corrected chi connectivity index (χ1v) is 24.2. The Bertz CT molecular complexity index is 814. The highest BCUT2D eigenvalue weighted by Gasteiger charge is 2.41. The molecule has 1 fully saturated rings. The minimum absolute atomic E-state index is 0.0174. The highest BCUT2D eigenvalue weighted by atomic mass is 16.5. The second-order valence-corrected chi connectivity index (χ2v) is 17.3. The molecule has 1 rings (SSSR count). The molecule has 1 saturated carbocycles. The molecule has 0 aromatic heterocycles. The van der Waals surface area contributed by atoms with Gasteiger partial charge in [-0.25, -0.2) is 0 Å². The summed E-state index contributed by atoms with van der Waals surface area (Å²) in [6, 6.07) is 0. The molecule has 0 unspecified atom stereocenters. The Hall–Kier alpha value is -1.14. The fourth-order valence-electron chi connectivity index (χ4n) is 8.01. The lowest BCUT2D eigenvalue weighted by atomic mass is 9.94. The summed E-state index contributed by atoms with van der Waals surface area (Å²) in [5, 5.41) is 9.36. The fraction of sp³-hybridized carbons (Fsp3) is 0.958. The number of hydrogen-bond donors (Lipinski definition) is 1. The number of carbonyl (C=O) groups excluding carboxylic acids is 2. The van der Waals surface area contributed by atoms with E-state index in [0.717, 1.165) is 77.4 Å². The van der Waals surface area contributed by atoms with Crippen LogP contribution in [0.1, 0.15) is 252 Å². The number of unbranched alkanes of at least 4 members (excludes halogenated alkanes) is 22. The number of ether oxygens (including phenoxy) is 2. The van der Waals surface area contributed by atoms with Crippen LogP contribution in [0.2, 0.25) is 0 Å². The van der Waals surface area contributed by atoms with Crippen LogP contribution in [0.4, 0.5) is 0 Å². The smallest absolute Gasteiger partial charge is 0.306 e. The minimum Gasteiger partial charge on any atom is -0.466 e. The summed E-state index contributed by atoms with van der Waals surface area (Å²) >= 11 is 0. The predicted molar refractivity (Wildman–Crippen MR) is 230 cm³/mol. The van der Waals surface area contributed by atoms with Gasteiger partial charge in [-0.1, -0.05) is 149 Å². The van der Waals surface area contributed by atoms with Gasteiger partial charge in [-0.05, 0) is 115 Å². The summed E-state index contributed by atoms with van der Waals surface area (Å²) in [5.41, 5.74) is 0.487.